The van der Waals surface area contributed by atoms with Crippen molar-refractivity contribution in [2.24, 2.45) is 0 Å². The van der Waals surface area contributed by atoms with Gasteiger partial charge < -0.3 is 0 Å². The second-order valence-electron chi connectivity index (χ2n) is 1.99. The average molecular weight is 315 g/mol. The molecule has 54 valence electrons. The van der Waals surface area contributed by atoms with Gasteiger partial charge in [-0.05, 0) is 47.2 Å². The van der Waals surface area contributed by atoms with Gasteiger partial charge in [0.2, 0.25) is 0 Å². The van der Waals surface area contributed by atoms with Crippen molar-refractivity contribution in [2.75, 3.05) is 0 Å². The highest BCUT2D eigenvalue weighted by Crippen LogP contribution is 2.22. The maximum atomic E-state index is 12.6. The molecule has 0 N–H and O–H groups in total. The van der Waals surface area contributed by atoms with Crippen LogP contribution in [-0.2, 0) is 0 Å². The molecule has 0 saturated carbocycles. The molecule has 0 amide bonds. The fourth-order valence-electron chi connectivity index (χ4n) is 0.614. The van der Waals surface area contributed by atoms with E-state index < -0.39 is 0 Å². The SMILES string of the molecule is Cc1c(Br)cc(F)cc1I. The van der Waals surface area contributed by atoms with E-state index in [0.717, 1.165) is 13.6 Å². The van der Waals surface area contributed by atoms with Crippen molar-refractivity contribution in [3.8, 4) is 0 Å². The zero-order valence-electron chi connectivity index (χ0n) is 5.29. The Morgan fingerprint density at radius 3 is 2.60 bits per heavy atom. The van der Waals surface area contributed by atoms with Crippen molar-refractivity contribution in [3.63, 3.8) is 0 Å². The van der Waals surface area contributed by atoms with Gasteiger partial charge in [-0.25, -0.2) is 4.39 Å². The summed E-state index contributed by atoms with van der Waals surface area (Å²) < 4.78 is 14.4. The zero-order chi connectivity index (χ0) is 7.72. The Morgan fingerprint density at radius 2 is 2.10 bits per heavy atom. The molecule has 0 bridgehead atoms. The van der Waals surface area contributed by atoms with E-state index in [0.29, 0.717) is 0 Å². The number of hydrogen-bond donors (Lipinski definition) is 0. The summed E-state index contributed by atoms with van der Waals surface area (Å²) in [6, 6.07) is 2.98. The van der Waals surface area contributed by atoms with Crippen LogP contribution in [0.1, 0.15) is 5.56 Å². The average Bonchev–Trinajstić information content (AvgIpc) is 1.82. The molecule has 0 spiro atoms. The summed E-state index contributed by atoms with van der Waals surface area (Å²) in [4.78, 5) is 0. The van der Waals surface area contributed by atoms with Crippen molar-refractivity contribution in [3.05, 3.63) is 31.6 Å². The highest BCUT2D eigenvalue weighted by Gasteiger charge is 2.01. The largest absolute Gasteiger partial charge is 0.207 e. The molecule has 0 unspecified atom stereocenters. The lowest BCUT2D eigenvalue weighted by Crippen LogP contribution is -1.84. The molecular weight excluding hydrogens is 310 g/mol. The first kappa shape index (κ1) is 8.46. The van der Waals surface area contributed by atoms with E-state index in [-0.39, 0.29) is 5.82 Å². The topological polar surface area (TPSA) is 0 Å². The van der Waals surface area contributed by atoms with Gasteiger partial charge in [0, 0.05) is 8.04 Å². The third kappa shape index (κ3) is 1.69. The molecule has 0 aromatic heterocycles. The fourth-order valence-corrected chi connectivity index (χ4v) is 2.01. The van der Waals surface area contributed by atoms with Crippen molar-refractivity contribution >= 4 is 38.5 Å². The third-order valence-corrected chi connectivity index (χ3v) is 3.19. The molecule has 0 aliphatic carbocycles. The first-order chi connectivity index (χ1) is 4.61. The van der Waals surface area contributed by atoms with E-state index in [1.165, 1.54) is 12.1 Å². The van der Waals surface area contributed by atoms with Crippen LogP contribution in [0.5, 0.6) is 0 Å². The Kier molecular flexibility index (Phi) is 2.68. The summed E-state index contributed by atoms with van der Waals surface area (Å²) in [6.07, 6.45) is 0. The number of rotatable bonds is 0. The van der Waals surface area contributed by atoms with E-state index in [1.807, 2.05) is 6.92 Å². The lowest BCUT2D eigenvalue weighted by molar-refractivity contribution is 0.625. The summed E-state index contributed by atoms with van der Waals surface area (Å²) in [5, 5.41) is 0. The van der Waals surface area contributed by atoms with E-state index in [2.05, 4.69) is 38.5 Å². The summed E-state index contributed by atoms with van der Waals surface area (Å²) in [5.74, 6) is -0.193. The maximum Gasteiger partial charge on any atom is 0.125 e. The summed E-state index contributed by atoms with van der Waals surface area (Å²) >= 11 is 5.36. The van der Waals surface area contributed by atoms with Gasteiger partial charge in [0.05, 0.1) is 0 Å². The van der Waals surface area contributed by atoms with Crippen molar-refractivity contribution in [1.82, 2.24) is 0 Å². The van der Waals surface area contributed by atoms with E-state index in [1.54, 1.807) is 0 Å². The van der Waals surface area contributed by atoms with Gasteiger partial charge in [0.25, 0.3) is 0 Å². The molecule has 0 atom stereocenters. The molecule has 0 saturated heterocycles. The molecule has 0 radical (unpaired) electrons. The second-order valence-corrected chi connectivity index (χ2v) is 4.01. The molecule has 0 aliphatic heterocycles. The molecule has 1 aromatic rings. The Balaban J connectivity index is 3.31. The summed E-state index contributed by atoms with van der Waals surface area (Å²) in [5.41, 5.74) is 1.09. The summed E-state index contributed by atoms with van der Waals surface area (Å²) in [6.45, 7) is 1.95. The molecule has 1 aromatic carbocycles. The van der Waals surface area contributed by atoms with Crippen LogP contribution in [0.4, 0.5) is 4.39 Å². The predicted molar refractivity (Wildman–Crippen MR) is 51.6 cm³/mol. The Bertz CT molecular complexity index is 237. The quantitative estimate of drug-likeness (QED) is 0.643. The van der Waals surface area contributed by atoms with Crippen molar-refractivity contribution < 1.29 is 4.39 Å². The molecular formula is C7H5BrFI. The van der Waals surface area contributed by atoms with Crippen LogP contribution in [0.3, 0.4) is 0 Å². The Hall–Kier alpha value is 0.360. The molecule has 10 heavy (non-hydrogen) atoms. The van der Waals surface area contributed by atoms with Gasteiger partial charge in [0.1, 0.15) is 5.82 Å². The van der Waals surface area contributed by atoms with E-state index >= 15 is 0 Å². The first-order valence-corrected chi connectivity index (χ1v) is 4.59. The minimum Gasteiger partial charge on any atom is -0.207 e. The predicted octanol–water partition coefficient (Wildman–Crippen LogP) is 3.50. The smallest absolute Gasteiger partial charge is 0.125 e. The second kappa shape index (κ2) is 3.17. The van der Waals surface area contributed by atoms with Crippen molar-refractivity contribution in [2.45, 2.75) is 6.92 Å². The Labute approximate surface area is 81.1 Å². The van der Waals surface area contributed by atoms with Crippen LogP contribution in [-0.4, -0.2) is 0 Å². The number of halogens is 3. The highest BCUT2D eigenvalue weighted by atomic mass is 127. The molecule has 0 heterocycles. The zero-order valence-corrected chi connectivity index (χ0v) is 9.03. The van der Waals surface area contributed by atoms with Crippen LogP contribution in [0, 0.1) is 16.3 Å². The Morgan fingerprint density at radius 1 is 1.50 bits per heavy atom. The maximum absolute atomic E-state index is 12.6. The number of benzene rings is 1. The standard InChI is InChI=1S/C7H5BrFI/c1-4-6(8)2-5(9)3-7(4)10/h2-3H,1H3. The van der Waals surface area contributed by atoms with Crippen LogP contribution < -0.4 is 0 Å². The molecule has 1 rings (SSSR count). The third-order valence-electron chi connectivity index (χ3n) is 1.25. The van der Waals surface area contributed by atoms with E-state index in [9.17, 15) is 4.39 Å². The molecule has 0 nitrogen and oxygen atoms in total. The van der Waals surface area contributed by atoms with Gasteiger partial charge in [-0.2, -0.15) is 0 Å². The first-order valence-electron chi connectivity index (χ1n) is 2.72. The van der Waals surface area contributed by atoms with Gasteiger partial charge >= 0.3 is 0 Å². The lowest BCUT2D eigenvalue weighted by Gasteiger charge is -1.99. The van der Waals surface area contributed by atoms with Crippen LogP contribution >= 0.6 is 38.5 Å². The lowest BCUT2D eigenvalue weighted by atomic mass is 10.2. The van der Waals surface area contributed by atoms with Crippen molar-refractivity contribution in [1.29, 1.82) is 0 Å². The fraction of sp³-hybridized carbons (Fsp3) is 0.143. The normalized spacial score (nSPS) is 10.0. The van der Waals surface area contributed by atoms with Gasteiger partial charge in [-0.15, -0.1) is 0 Å². The number of hydrogen-bond acceptors (Lipinski definition) is 0. The van der Waals surface area contributed by atoms with Gasteiger partial charge in [0.15, 0.2) is 0 Å². The van der Waals surface area contributed by atoms with Gasteiger partial charge in [-0.1, -0.05) is 15.9 Å². The van der Waals surface area contributed by atoms with Gasteiger partial charge in [-0.3, -0.25) is 0 Å². The molecule has 0 aliphatic rings. The van der Waals surface area contributed by atoms with Crippen LogP contribution in [0.2, 0.25) is 0 Å². The molecule has 0 fully saturated rings. The molecule has 3 heteroatoms. The van der Waals surface area contributed by atoms with Crippen LogP contribution in [0.15, 0.2) is 16.6 Å². The van der Waals surface area contributed by atoms with E-state index in [4.69, 9.17) is 0 Å². The minimum atomic E-state index is -0.193. The monoisotopic (exact) mass is 314 g/mol. The highest BCUT2D eigenvalue weighted by molar-refractivity contribution is 14.1. The summed E-state index contributed by atoms with van der Waals surface area (Å²) in [7, 11) is 0. The minimum absolute atomic E-state index is 0.193. The van der Waals surface area contributed by atoms with Crippen LogP contribution in [0.25, 0.3) is 0 Å².